The molecule has 0 aliphatic heterocycles. The van der Waals surface area contributed by atoms with E-state index in [0.29, 0.717) is 18.2 Å². The summed E-state index contributed by atoms with van der Waals surface area (Å²) in [5.41, 5.74) is 0.296. The number of hydrogen-bond donors (Lipinski definition) is 2. The molecule has 5 nitrogen and oxygen atoms in total. The Balaban J connectivity index is 1.77. The summed E-state index contributed by atoms with van der Waals surface area (Å²) in [5, 5.41) is 12.4. The van der Waals surface area contributed by atoms with Gasteiger partial charge in [-0.1, -0.05) is 0 Å². The maximum Gasteiger partial charge on any atom is 0.273 e. The van der Waals surface area contributed by atoms with Gasteiger partial charge in [-0.25, -0.2) is 0 Å². The number of H-pyrrole nitrogens is 1. The highest BCUT2D eigenvalue weighted by Gasteiger charge is 2.29. The van der Waals surface area contributed by atoms with Gasteiger partial charge in [0.1, 0.15) is 0 Å². The third kappa shape index (κ3) is 2.23. The molecule has 2 rings (SSSR count). The van der Waals surface area contributed by atoms with Gasteiger partial charge in [0.15, 0.2) is 5.69 Å². The van der Waals surface area contributed by atoms with Crippen LogP contribution in [0, 0.1) is 5.92 Å². The van der Waals surface area contributed by atoms with E-state index in [1.165, 1.54) is 19.0 Å². The molecule has 1 saturated carbocycles. The SMILES string of the molecule is O=C(NCC(Cl)C1CC1)c1cn[nH]n1. The molecule has 0 bridgehead atoms. The molecule has 1 amide bonds. The van der Waals surface area contributed by atoms with E-state index in [1.54, 1.807) is 0 Å². The Morgan fingerprint density at radius 2 is 2.57 bits per heavy atom. The first-order valence-corrected chi connectivity index (χ1v) is 4.99. The van der Waals surface area contributed by atoms with Gasteiger partial charge in [-0.05, 0) is 18.8 Å². The summed E-state index contributed by atoms with van der Waals surface area (Å²) in [6, 6.07) is 0. The van der Waals surface area contributed by atoms with E-state index in [4.69, 9.17) is 11.6 Å². The number of halogens is 1. The fraction of sp³-hybridized carbons (Fsp3) is 0.625. The van der Waals surface area contributed by atoms with Crippen molar-refractivity contribution >= 4 is 17.5 Å². The van der Waals surface area contributed by atoms with Crippen molar-refractivity contribution in [1.29, 1.82) is 0 Å². The Morgan fingerprint density at radius 1 is 1.79 bits per heavy atom. The predicted octanol–water partition coefficient (Wildman–Crippen LogP) is 0.552. The van der Waals surface area contributed by atoms with Crippen molar-refractivity contribution in [1.82, 2.24) is 20.7 Å². The summed E-state index contributed by atoms with van der Waals surface area (Å²) >= 11 is 6.03. The van der Waals surface area contributed by atoms with E-state index in [-0.39, 0.29) is 11.3 Å². The average molecular weight is 215 g/mol. The van der Waals surface area contributed by atoms with Crippen molar-refractivity contribution in [2.75, 3.05) is 6.54 Å². The lowest BCUT2D eigenvalue weighted by molar-refractivity contribution is 0.0948. The second kappa shape index (κ2) is 3.96. The molecular formula is C8H11ClN4O. The fourth-order valence-electron chi connectivity index (χ4n) is 1.22. The Kier molecular flexibility index (Phi) is 2.67. The van der Waals surface area contributed by atoms with Crippen molar-refractivity contribution in [3.8, 4) is 0 Å². The van der Waals surface area contributed by atoms with Gasteiger partial charge in [-0.2, -0.15) is 15.4 Å². The molecule has 6 heteroatoms. The molecule has 1 aromatic rings. The zero-order valence-corrected chi connectivity index (χ0v) is 8.29. The van der Waals surface area contributed by atoms with Crippen LogP contribution in [0.25, 0.3) is 0 Å². The number of carbonyl (C=O) groups excluding carboxylic acids is 1. The van der Waals surface area contributed by atoms with Crippen LogP contribution in [-0.4, -0.2) is 33.2 Å². The molecule has 1 atom stereocenters. The summed E-state index contributed by atoms with van der Waals surface area (Å²) in [5.74, 6) is 0.347. The van der Waals surface area contributed by atoms with Gasteiger partial charge in [0.2, 0.25) is 0 Å². The number of aromatic nitrogens is 3. The number of hydrogen-bond acceptors (Lipinski definition) is 3. The maximum atomic E-state index is 11.4. The van der Waals surface area contributed by atoms with Crippen LogP contribution in [0.3, 0.4) is 0 Å². The van der Waals surface area contributed by atoms with Crippen molar-refractivity contribution in [2.24, 2.45) is 5.92 Å². The number of carbonyl (C=O) groups is 1. The standard InChI is InChI=1S/C8H11ClN4O/c9-6(5-1-2-5)3-10-8(14)7-4-11-13-12-7/h4-6H,1-3H2,(H,10,14)(H,11,12,13). The highest BCUT2D eigenvalue weighted by atomic mass is 35.5. The monoisotopic (exact) mass is 214 g/mol. The molecule has 0 radical (unpaired) electrons. The highest BCUT2D eigenvalue weighted by Crippen LogP contribution is 2.35. The minimum atomic E-state index is -0.231. The Labute approximate surface area is 86.2 Å². The fourth-order valence-corrected chi connectivity index (χ4v) is 1.55. The van der Waals surface area contributed by atoms with Crippen LogP contribution in [0.1, 0.15) is 23.3 Å². The molecule has 1 aromatic heterocycles. The summed E-state index contributed by atoms with van der Waals surface area (Å²) in [6.07, 6.45) is 3.73. The van der Waals surface area contributed by atoms with E-state index >= 15 is 0 Å². The van der Waals surface area contributed by atoms with E-state index < -0.39 is 0 Å². The van der Waals surface area contributed by atoms with Gasteiger partial charge < -0.3 is 5.32 Å². The predicted molar refractivity (Wildman–Crippen MR) is 51.1 cm³/mol. The Bertz CT molecular complexity index is 309. The topological polar surface area (TPSA) is 70.7 Å². The van der Waals surface area contributed by atoms with Crippen molar-refractivity contribution in [3.63, 3.8) is 0 Å². The first kappa shape index (κ1) is 9.45. The first-order chi connectivity index (χ1) is 6.77. The molecule has 1 aliphatic carbocycles. The molecule has 1 unspecified atom stereocenters. The highest BCUT2D eigenvalue weighted by molar-refractivity contribution is 6.21. The van der Waals surface area contributed by atoms with E-state index in [9.17, 15) is 4.79 Å². The summed E-state index contributed by atoms with van der Waals surface area (Å²) < 4.78 is 0. The van der Waals surface area contributed by atoms with Crippen LogP contribution in [0.4, 0.5) is 0 Å². The lowest BCUT2D eigenvalue weighted by atomic mass is 10.3. The Morgan fingerprint density at radius 3 is 3.14 bits per heavy atom. The lowest BCUT2D eigenvalue weighted by Gasteiger charge is -2.07. The molecule has 0 spiro atoms. The van der Waals surface area contributed by atoms with E-state index in [0.717, 1.165) is 0 Å². The number of nitrogens with zero attached hydrogens (tertiary/aromatic N) is 2. The second-order valence-electron chi connectivity index (χ2n) is 3.42. The van der Waals surface area contributed by atoms with E-state index in [1.807, 2.05) is 0 Å². The molecule has 2 N–H and O–H groups in total. The minimum absolute atomic E-state index is 0.0471. The number of aromatic amines is 1. The summed E-state index contributed by atoms with van der Waals surface area (Å²) in [4.78, 5) is 11.4. The summed E-state index contributed by atoms with van der Waals surface area (Å²) in [7, 11) is 0. The average Bonchev–Trinajstić information content (AvgIpc) is 2.90. The van der Waals surface area contributed by atoms with Crippen LogP contribution in [0.5, 0.6) is 0 Å². The van der Waals surface area contributed by atoms with Gasteiger partial charge >= 0.3 is 0 Å². The molecule has 14 heavy (non-hydrogen) atoms. The van der Waals surface area contributed by atoms with Crippen LogP contribution >= 0.6 is 11.6 Å². The van der Waals surface area contributed by atoms with Crippen LogP contribution in [0.2, 0.25) is 0 Å². The first-order valence-electron chi connectivity index (χ1n) is 4.55. The zero-order chi connectivity index (χ0) is 9.97. The van der Waals surface area contributed by atoms with Gasteiger partial charge in [0.25, 0.3) is 5.91 Å². The van der Waals surface area contributed by atoms with Crippen molar-refractivity contribution in [3.05, 3.63) is 11.9 Å². The maximum absolute atomic E-state index is 11.4. The summed E-state index contributed by atoms with van der Waals surface area (Å²) in [6.45, 7) is 0.498. The quantitative estimate of drug-likeness (QED) is 0.720. The third-order valence-electron chi connectivity index (χ3n) is 2.24. The number of amides is 1. The van der Waals surface area contributed by atoms with Crippen molar-refractivity contribution in [2.45, 2.75) is 18.2 Å². The number of rotatable bonds is 4. The number of nitrogens with one attached hydrogen (secondary N) is 2. The molecule has 76 valence electrons. The van der Waals surface area contributed by atoms with Crippen molar-refractivity contribution < 1.29 is 4.79 Å². The largest absolute Gasteiger partial charge is 0.349 e. The lowest BCUT2D eigenvalue weighted by Crippen LogP contribution is -2.30. The van der Waals surface area contributed by atoms with Gasteiger partial charge in [0, 0.05) is 6.54 Å². The van der Waals surface area contributed by atoms with Crippen LogP contribution < -0.4 is 5.32 Å². The number of alkyl halides is 1. The minimum Gasteiger partial charge on any atom is -0.349 e. The van der Waals surface area contributed by atoms with Gasteiger partial charge in [-0.3, -0.25) is 4.79 Å². The third-order valence-corrected chi connectivity index (χ3v) is 2.75. The normalized spacial score (nSPS) is 17.8. The zero-order valence-electron chi connectivity index (χ0n) is 7.53. The van der Waals surface area contributed by atoms with Gasteiger partial charge in [-0.15, -0.1) is 11.6 Å². The smallest absolute Gasteiger partial charge is 0.273 e. The van der Waals surface area contributed by atoms with Crippen LogP contribution in [0.15, 0.2) is 6.20 Å². The molecule has 1 fully saturated rings. The molecule has 0 saturated heterocycles. The molecular weight excluding hydrogens is 204 g/mol. The Hall–Kier alpha value is -1.10. The molecule has 1 aliphatic rings. The second-order valence-corrected chi connectivity index (χ2v) is 3.98. The van der Waals surface area contributed by atoms with E-state index in [2.05, 4.69) is 20.7 Å². The van der Waals surface area contributed by atoms with Gasteiger partial charge in [0.05, 0.1) is 11.6 Å². The molecule has 1 heterocycles. The molecule has 0 aromatic carbocycles. The van der Waals surface area contributed by atoms with Crippen LogP contribution in [-0.2, 0) is 0 Å².